The molecule has 1 fully saturated rings. The molecule has 0 aliphatic carbocycles. The molecular weight excluding hydrogens is 558 g/mol. The third kappa shape index (κ3) is 8.48. The molecule has 1 aliphatic rings. The van der Waals surface area contributed by atoms with Crippen LogP contribution in [0.15, 0.2) is 36.5 Å². The third-order valence-electron chi connectivity index (χ3n) is 7.17. The molecule has 234 valence electrons. The molecule has 1 saturated heterocycles. The number of amides is 2. The molecule has 12 heteroatoms. The minimum absolute atomic E-state index is 0.103. The molecular formula is C32H43N9O3. The highest BCUT2D eigenvalue weighted by atomic mass is 16.5. The fraction of sp³-hybridized carbons (Fsp3) is 0.469. The lowest BCUT2D eigenvalue weighted by Gasteiger charge is -2.22. The van der Waals surface area contributed by atoms with Crippen molar-refractivity contribution in [3.05, 3.63) is 42.1 Å². The number of aryl methyl sites for hydroxylation is 1. The zero-order valence-corrected chi connectivity index (χ0v) is 26.3. The Morgan fingerprint density at radius 3 is 2.86 bits per heavy atom. The molecule has 4 rings (SSSR count). The number of nitrogens with one attached hydrogen (secondary N) is 3. The van der Waals surface area contributed by atoms with E-state index in [0.29, 0.717) is 62.1 Å². The van der Waals surface area contributed by atoms with Crippen LogP contribution in [0.4, 0.5) is 17.5 Å². The van der Waals surface area contributed by atoms with Crippen molar-refractivity contribution in [2.24, 2.45) is 7.05 Å². The molecule has 0 spiro atoms. The number of anilines is 3. The van der Waals surface area contributed by atoms with Crippen molar-refractivity contribution < 1.29 is 14.3 Å². The van der Waals surface area contributed by atoms with E-state index < -0.39 is 6.04 Å². The topological polar surface area (TPSA) is 130 Å². The minimum Gasteiger partial charge on any atom is -0.479 e. The van der Waals surface area contributed by atoms with Crippen molar-refractivity contribution in [2.45, 2.75) is 45.1 Å². The van der Waals surface area contributed by atoms with E-state index in [0.717, 1.165) is 36.0 Å². The zero-order chi connectivity index (χ0) is 31.5. The van der Waals surface area contributed by atoms with Gasteiger partial charge in [0.25, 0.3) is 0 Å². The molecule has 3 N–H and O–H groups in total. The van der Waals surface area contributed by atoms with Crippen LogP contribution in [0, 0.1) is 11.8 Å². The Bertz CT molecular complexity index is 1540. The van der Waals surface area contributed by atoms with Crippen LogP contribution in [0.3, 0.4) is 0 Å². The van der Waals surface area contributed by atoms with Gasteiger partial charge in [-0.05, 0) is 58.0 Å². The van der Waals surface area contributed by atoms with Crippen LogP contribution in [0.2, 0.25) is 0 Å². The van der Waals surface area contributed by atoms with Crippen LogP contribution in [0.5, 0.6) is 5.88 Å². The monoisotopic (exact) mass is 601 g/mol. The SMILES string of the molecule is CCCNc1nc(Nc2ccc3c(c2)c(OC)nn3C)ncc1C#CCCCNC(=O)[C@@H]1CCCN1C(=O)/C=C/CN(C)C. The Hall–Kier alpha value is -4.63. The van der Waals surface area contributed by atoms with Crippen molar-refractivity contribution in [1.82, 2.24) is 34.9 Å². The molecule has 3 aromatic rings. The van der Waals surface area contributed by atoms with Crippen molar-refractivity contribution in [3.8, 4) is 17.7 Å². The normalized spacial score (nSPS) is 14.6. The van der Waals surface area contributed by atoms with Crippen LogP contribution in [0.1, 0.15) is 44.6 Å². The first-order chi connectivity index (χ1) is 21.3. The number of methoxy groups -OCH3 is 1. The molecule has 0 unspecified atom stereocenters. The van der Waals surface area contributed by atoms with Gasteiger partial charge >= 0.3 is 0 Å². The maximum Gasteiger partial charge on any atom is 0.246 e. The van der Waals surface area contributed by atoms with Gasteiger partial charge in [0.05, 0.1) is 29.8 Å². The number of aromatic nitrogens is 4. The van der Waals surface area contributed by atoms with Crippen LogP contribution in [-0.4, -0.2) is 94.8 Å². The first-order valence-corrected chi connectivity index (χ1v) is 15.1. The molecule has 12 nitrogen and oxygen atoms in total. The maximum absolute atomic E-state index is 12.8. The maximum atomic E-state index is 12.8. The van der Waals surface area contributed by atoms with Gasteiger partial charge in [-0.1, -0.05) is 24.8 Å². The summed E-state index contributed by atoms with van der Waals surface area (Å²) in [5.74, 6) is 7.82. The predicted molar refractivity (Wildman–Crippen MR) is 173 cm³/mol. The number of ether oxygens (including phenoxy) is 1. The smallest absolute Gasteiger partial charge is 0.246 e. The van der Waals surface area contributed by atoms with Gasteiger partial charge in [-0.15, -0.1) is 5.10 Å². The molecule has 1 aromatic carbocycles. The summed E-state index contributed by atoms with van der Waals surface area (Å²) in [4.78, 5) is 38.2. The standard InChI is InChI=1S/C32H43N9O3/c1-6-17-33-29-23(22-35-32(37-29)36-24-15-16-26-25(21-24)31(44-5)38-40(26)4)12-8-7-9-18-34-30(43)27-13-10-20-41(27)28(42)14-11-19-39(2)3/h11,14-16,21-22,27H,6-7,9-10,13,17-20H2,1-5H3,(H,34,43)(H2,33,35,36,37)/b14-11+/t27-/m0/s1. The van der Waals surface area contributed by atoms with Gasteiger partial charge in [0.15, 0.2) is 0 Å². The van der Waals surface area contributed by atoms with Crippen LogP contribution in [-0.2, 0) is 16.6 Å². The molecule has 2 amide bonds. The molecule has 1 aliphatic heterocycles. The van der Waals surface area contributed by atoms with Gasteiger partial charge in [-0.25, -0.2) is 4.98 Å². The average molecular weight is 602 g/mol. The molecule has 0 bridgehead atoms. The summed E-state index contributed by atoms with van der Waals surface area (Å²) in [7, 11) is 7.37. The molecule has 0 radical (unpaired) electrons. The Morgan fingerprint density at radius 2 is 2.09 bits per heavy atom. The number of unbranched alkanes of at least 4 members (excludes halogenated alkanes) is 1. The number of fused-ring (bicyclic) bond motifs is 1. The summed E-state index contributed by atoms with van der Waals surface area (Å²) in [6, 6.07) is 5.47. The summed E-state index contributed by atoms with van der Waals surface area (Å²) < 4.78 is 7.18. The fourth-order valence-corrected chi connectivity index (χ4v) is 4.93. The molecule has 0 saturated carbocycles. The number of hydrogen-bond acceptors (Lipinski definition) is 9. The second-order valence-corrected chi connectivity index (χ2v) is 10.9. The van der Waals surface area contributed by atoms with E-state index in [-0.39, 0.29) is 11.8 Å². The van der Waals surface area contributed by atoms with Crippen LogP contribution in [0.25, 0.3) is 10.9 Å². The van der Waals surface area contributed by atoms with Gasteiger partial charge < -0.3 is 30.5 Å². The highest BCUT2D eigenvalue weighted by Gasteiger charge is 2.32. The first kappa shape index (κ1) is 32.3. The van der Waals surface area contributed by atoms with E-state index in [1.807, 2.05) is 50.3 Å². The summed E-state index contributed by atoms with van der Waals surface area (Å²) in [5.41, 5.74) is 2.49. The fourth-order valence-electron chi connectivity index (χ4n) is 4.93. The van der Waals surface area contributed by atoms with Crippen molar-refractivity contribution >= 4 is 40.2 Å². The molecule has 44 heavy (non-hydrogen) atoms. The molecule has 2 aromatic heterocycles. The summed E-state index contributed by atoms with van der Waals surface area (Å²) in [5, 5.41) is 14.9. The zero-order valence-electron chi connectivity index (χ0n) is 26.3. The quantitative estimate of drug-likeness (QED) is 0.154. The van der Waals surface area contributed by atoms with Crippen molar-refractivity contribution in [1.29, 1.82) is 0 Å². The van der Waals surface area contributed by atoms with Gasteiger partial charge in [0.1, 0.15) is 11.9 Å². The molecule has 3 heterocycles. The second-order valence-electron chi connectivity index (χ2n) is 10.9. The Balaban J connectivity index is 1.31. The van der Waals surface area contributed by atoms with E-state index in [1.54, 1.807) is 29.0 Å². The Labute approximate surface area is 259 Å². The first-order valence-electron chi connectivity index (χ1n) is 15.1. The number of carbonyl (C=O) groups excluding carboxylic acids is 2. The van der Waals surface area contributed by atoms with E-state index in [9.17, 15) is 9.59 Å². The van der Waals surface area contributed by atoms with Crippen molar-refractivity contribution in [3.63, 3.8) is 0 Å². The van der Waals surface area contributed by atoms with E-state index in [4.69, 9.17) is 4.74 Å². The lowest BCUT2D eigenvalue weighted by Crippen LogP contribution is -2.45. The van der Waals surface area contributed by atoms with Crippen LogP contribution >= 0.6 is 0 Å². The average Bonchev–Trinajstić information content (AvgIpc) is 3.63. The Kier molecular flexibility index (Phi) is 11.5. The predicted octanol–water partition coefficient (Wildman–Crippen LogP) is 3.29. The minimum atomic E-state index is -0.414. The number of likely N-dealkylation sites (N-methyl/N-ethyl adjacent to an activating group) is 1. The number of rotatable bonds is 13. The third-order valence-corrected chi connectivity index (χ3v) is 7.17. The lowest BCUT2D eigenvalue weighted by atomic mass is 10.2. The van der Waals surface area contributed by atoms with E-state index in [1.165, 1.54) is 0 Å². The highest BCUT2D eigenvalue weighted by Crippen LogP contribution is 2.28. The number of benzene rings is 1. The van der Waals surface area contributed by atoms with Gasteiger partial charge in [0.2, 0.25) is 23.6 Å². The van der Waals surface area contributed by atoms with Crippen LogP contribution < -0.4 is 20.7 Å². The van der Waals surface area contributed by atoms with Gasteiger partial charge in [0, 0.05) is 51.4 Å². The number of carbonyl (C=O) groups is 2. The van der Waals surface area contributed by atoms with Crippen molar-refractivity contribution in [2.75, 3.05) is 58.0 Å². The molecule has 1 atom stereocenters. The highest BCUT2D eigenvalue weighted by molar-refractivity contribution is 5.93. The number of likely N-dealkylation sites (tertiary alicyclic amines) is 1. The summed E-state index contributed by atoms with van der Waals surface area (Å²) in [6.45, 7) is 4.62. The van der Waals surface area contributed by atoms with E-state index in [2.05, 4.69) is 49.8 Å². The largest absolute Gasteiger partial charge is 0.479 e. The van der Waals surface area contributed by atoms with E-state index >= 15 is 0 Å². The van der Waals surface area contributed by atoms with Gasteiger partial charge in [-0.3, -0.25) is 14.3 Å². The lowest BCUT2D eigenvalue weighted by molar-refractivity contribution is -0.135. The second kappa shape index (κ2) is 15.7. The summed E-state index contributed by atoms with van der Waals surface area (Å²) in [6.07, 6.45) is 8.85. The number of nitrogens with zero attached hydrogens (tertiary/aromatic N) is 6. The van der Waals surface area contributed by atoms with Gasteiger partial charge in [-0.2, -0.15) is 4.98 Å². The summed E-state index contributed by atoms with van der Waals surface area (Å²) >= 11 is 0. The Morgan fingerprint density at radius 1 is 1.25 bits per heavy atom. The number of hydrogen-bond donors (Lipinski definition) is 3.